The van der Waals surface area contributed by atoms with E-state index in [0.717, 1.165) is 18.4 Å². The van der Waals surface area contributed by atoms with E-state index in [1.165, 1.54) is 4.90 Å². The van der Waals surface area contributed by atoms with Crippen molar-refractivity contribution in [1.29, 1.82) is 0 Å². The van der Waals surface area contributed by atoms with E-state index in [-0.39, 0.29) is 43.1 Å². The monoisotopic (exact) mass is 472 g/mol. The molecule has 1 aliphatic rings. The molecule has 2 aromatic rings. The highest BCUT2D eigenvalue weighted by molar-refractivity contribution is 5.85. The maximum atomic E-state index is 12.7. The van der Waals surface area contributed by atoms with Gasteiger partial charge < -0.3 is 25.2 Å². The van der Waals surface area contributed by atoms with Gasteiger partial charge in [0.2, 0.25) is 17.7 Å². The van der Waals surface area contributed by atoms with Gasteiger partial charge in [0, 0.05) is 32.1 Å². The molecule has 0 spiro atoms. The predicted octanol–water partition coefficient (Wildman–Crippen LogP) is 1.65. The number of carboxylic acid groups (broad SMARTS) is 1. The number of aromatic nitrogens is 1. The molecule has 1 aliphatic heterocycles. The van der Waals surface area contributed by atoms with Gasteiger partial charge in [0.25, 0.3) is 6.47 Å². The average molecular weight is 473 g/mol. The number of amides is 3. The van der Waals surface area contributed by atoms with Crippen LogP contribution in [-0.4, -0.2) is 65.5 Å². The van der Waals surface area contributed by atoms with E-state index in [9.17, 15) is 14.4 Å². The highest BCUT2D eigenvalue weighted by Gasteiger charge is 2.20. The third-order valence-electron chi connectivity index (χ3n) is 5.42. The summed E-state index contributed by atoms with van der Waals surface area (Å²) in [5.41, 5.74) is 1.87. The van der Waals surface area contributed by atoms with Gasteiger partial charge >= 0.3 is 0 Å². The number of hydrogen-bond donors (Lipinski definition) is 3. The van der Waals surface area contributed by atoms with Crippen LogP contribution in [0.2, 0.25) is 0 Å². The van der Waals surface area contributed by atoms with E-state index in [4.69, 9.17) is 14.4 Å². The summed E-state index contributed by atoms with van der Waals surface area (Å²) >= 11 is 0. The molecule has 0 aliphatic carbocycles. The summed E-state index contributed by atoms with van der Waals surface area (Å²) in [6.07, 6.45) is 2.51. The Balaban J connectivity index is 0.00000129. The summed E-state index contributed by atoms with van der Waals surface area (Å²) in [6, 6.07) is 11.8. The topological polar surface area (TPSA) is 142 Å². The van der Waals surface area contributed by atoms with Crippen molar-refractivity contribution in [2.24, 2.45) is 0 Å². The van der Waals surface area contributed by atoms with Crippen LogP contribution in [0.3, 0.4) is 0 Å². The number of aryl methyl sites for hydroxylation is 1. The molecule has 10 heteroatoms. The molecule has 3 N–H and O–H groups in total. The number of benzene rings is 1. The fourth-order valence-corrected chi connectivity index (χ4v) is 3.76. The maximum Gasteiger partial charge on any atom is 0.290 e. The summed E-state index contributed by atoms with van der Waals surface area (Å²) < 4.78 is 5.13. The van der Waals surface area contributed by atoms with Gasteiger partial charge in [-0.1, -0.05) is 35.5 Å². The van der Waals surface area contributed by atoms with Crippen LogP contribution in [0.15, 0.2) is 40.9 Å². The molecular weight excluding hydrogens is 440 g/mol. The van der Waals surface area contributed by atoms with Crippen molar-refractivity contribution in [2.75, 3.05) is 26.2 Å². The van der Waals surface area contributed by atoms with Crippen LogP contribution >= 0.6 is 0 Å². The first-order valence-corrected chi connectivity index (χ1v) is 11.3. The second-order valence-electron chi connectivity index (χ2n) is 8.02. The van der Waals surface area contributed by atoms with Crippen molar-refractivity contribution in [1.82, 2.24) is 20.7 Å². The smallest absolute Gasteiger partial charge is 0.290 e. The second-order valence-corrected chi connectivity index (χ2v) is 8.02. The number of rotatable bonds is 3. The van der Waals surface area contributed by atoms with Gasteiger partial charge in [-0.25, -0.2) is 0 Å². The van der Waals surface area contributed by atoms with Gasteiger partial charge in [-0.15, -0.1) is 0 Å². The summed E-state index contributed by atoms with van der Waals surface area (Å²) in [4.78, 5) is 47.4. The van der Waals surface area contributed by atoms with Gasteiger partial charge in [-0.3, -0.25) is 19.2 Å². The molecule has 184 valence electrons. The summed E-state index contributed by atoms with van der Waals surface area (Å²) in [6.45, 7) is 2.85. The molecule has 34 heavy (non-hydrogen) atoms. The lowest BCUT2D eigenvalue weighted by Gasteiger charge is -2.23. The Labute approximate surface area is 198 Å². The molecule has 1 atom stereocenters. The standard InChI is InChI=1S/C23H30N4O4.CH2O2/c1-17-14-20(31-26-17)15-23(30)27-13-5-11-24-21(28)9-8-19(10-12-25-22(29)16-27)18-6-3-2-4-7-18;2-1-3/h2-4,6-7,14,19H,5,8-13,15-16H2,1H3,(H,24,28)(H,25,29);1H,(H,2,3). The van der Waals surface area contributed by atoms with Crippen molar-refractivity contribution < 1.29 is 28.8 Å². The molecule has 0 bridgehead atoms. The number of hydrogen-bond acceptors (Lipinski definition) is 6. The van der Waals surface area contributed by atoms with Crippen molar-refractivity contribution >= 4 is 24.2 Å². The Hall–Kier alpha value is -3.69. The first-order chi connectivity index (χ1) is 16.4. The molecule has 10 nitrogen and oxygen atoms in total. The third kappa shape index (κ3) is 9.43. The molecule has 1 saturated heterocycles. The Morgan fingerprint density at radius 2 is 1.88 bits per heavy atom. The van der Waals surface area contributed by atoms with Crippen molar-refractivity contribution in [3.8, 4) is 0 Å². The quantitative estimate of drug-likeness (QED) is 0.577. The van der Waals surface area contributed by atoms with E-state index in [0.29, 0.717) is 43.9 Å². The predicted molar refractivity (Wildman–Crippen MR) is 124 cm³/mol. The molecular formula is C24H32N4O6. The highest BCUT2D eigenvalue weighted by atomic mass is 16.5. The minimum atomic E-state index is -0.250. The van der Waals surface area contributed by atoms with Crippen LogP contribution in [0.25, 0.3) is 0 Å². The summed E-state index contributed by atoms with van der Waals surface area (Å²) in [5.74, 6) is 0.280. The lowest BCUT2D eigenvalue weighted by Crippen LogP contribution is -2.43. The van der Waals surface area contributed by atoms with Crippen LogP contribution in [0.1, 0.15) is 48.6 Å². The van der Waals surface area contributed by atoms with Gasteiger partial charge in [-0.2, -0.15) is 0 Å². The fraction of sp³-hybridized carbons (Fsp3) is 0.458. The van der Waals surface area contributed by atoms with E-state index >= 15 is 0 Å². The number of carbonyl (C=O) groups is 4. The zero-order valence-electron chi connectivity index (χ0n) is 19.4. The maximum absolute atomic E-state index is 12.7. The minimum absolute atomic E-state index is 0.0111. The Morgan fingerprint density at radius 1 is 1.18 bits per heavy atom. The molecule has 1 aromatic heterocycles. The molecule has 1 aromatic carbocycles. The minimum Gasteiger partial charge on any atom is -0.483 e. The van der Waals surface area contributed by atoms with Crippen LogP contribution in [0.4, 0.5) is 0 Å². The Morgan fingerprint density at radius 3 is 2.56 bits per heavy atom. The normalized spacial score (nSPS) is 17.9. The molecule has 2 heterocycles. The van der Waals surface area contributed by atoms with E-state index in [2.05, 4.69) is 27.9 Å². The van der Waals surface area contributed by atoms with Crippen LogP contribution in [0, 0.1) is 6.92 Å². The Kier molecular flexibility index (Phi) is 11.3. The Bertz CT molecular complexity index is 931. The molecule has 1 unspecified atom stereocenters. The van der Waals surface area contributed by atoms with Gasteiger partial charge in [0.1, 0.15) is 5.76 Å². The van der Waals surface area contributed by atoms with E-state index in [1.807, 2.05) is 18.2 Å². The third-order valence-corrected chi connectivity index (χ3v) is 5.42. The molecule has 0 radical (unpaired) electrons. The van der Waals surface area contributed by atoms with Gasteiger partial charge in [-0.05, 0) is 37.7 Å². The van der Waals surface area contributed by atoms with Gasteiger partial charge in [0.05, 0.1) is 18.7 Å². The van der Waals surface area contributed by atoms with E-state index in [1.54, 1.807) is 13.0 Å². The summed E-state index contributed by atoms with van der Waals surface area (Å²) in [5, 5.41) is 16.5. The highest BCUT2D eigenvalue weighted by Crippen LogP contribution is 2.24. The number of carbonyl (C=O) groups excluding carboxylic acids is 3. The van der Waals surface area contributed by atoms with E-state index < -0.39 is 0 Å². The van der Waals surface area contributed by atoms with Gasteiger partial charge in [0.15, 0.2) is 0 Å². The molecule has 1 fully saturated rings. The number of nitrogens with one attached hydrogen (secondary N) is 2. The zero-order valence-corrected chi connectivity index (χ0v) is 19.4. The average Bonchev–Trinajstić information content (AvgIpc) is 3.23. The van der Waals surface area contributed by atoms with Crippen molar-refractivity contribution in [3.63, 3.8) is 0 Å². The second kappa shape index (κ2) is 14.5. The first kappa shape index (κ1) is 26.6. The largest absolute Gasteiger partial charge is 0.483 e. The lowest BCUT2D eigenvalue weighted by atomic mass is 9.91. The molecule has 3 amide bonds. The summed E-state index contributed by atoms with van der Waals surface area (Å²) in [7, 11) is 0. The molecule has 3 rings (SSSR count). The SMILES string of the molecule is Cc1cc(CC(=O)N2CCCNC(=O)CCC(c3ccccc3)CCNC(=O)C2)on1.O=CO. The lowest BCUT2D eigenvalue weighted by molar-refractivity contribution is -0.135. The van der Waals surface area contributed by atoms with Crippen molar-refractivity contribution in [3.05, 3.63) is 53.4 Å². The zero-order chi connectivity index (χ0) is 24.8. The van der Waals surface area contributed by atoms with Crippen molar-refractivity contribution in [2.45, 2.75) is 44.9 Å². The first-order valence-electron chi connectivity index (χ1n) is 11.3. The van der Waals surface area contributed by atoms with Crippen LogP contribution < -0.4 is 10.6 Å². The fourth-order valence-electron chi connectivity index (χ4n) is 3.76. The number of nitrogens with zero attached hydrogens (tertiary/aromatic N) is 2. The molecule has 0 saturated carbocycles. The van der Waals surface area contributed by atoms with Crippen LogP contribution in [-0.2, 0) is 25.6 Å². The van der Waals surface area contributed by atoms with Crippen LogP contribution in [0.5, 0.6) is 0 Å².